The molecule has 4 nitrogen and oxygen atoms in total. The standard InChI is InChI=1S/C24H26Cl2N2O2S2/c25-16-6-4-5-15(20(16)26)19-18-13-7-8-14(11-13)21(18)31-23-22(19)32-24(30)28(23)12-17(29)27-9-2-1-3-10-27/h4-6,13-14,18-19,21H,1-3,7-12H2/t13?,14?,18?,19-,21?/m0/s1. The van der Waals surface area contributed by atoms with Crippen molar-refractivity contribution in [1.82, 2.24) is 9.47 Å². The second kappa shape index (κ2) is 8.37. The Balaban J connectivity index is 1.43. The van der Waals surface area contributed by atoms with Crippen molar-refractivity contribution in [2.75, 3.05) is 13.1 Å². The molecule has 1 saturated heterocycles. The Labute approximate surface area is 206 Å². The number of thioether (sulfide) groups is 1. The van der Waals surface area contributed by atoms with Crippen LogP contribution in [-0.2, 0) is 11.3 Å². The zero-order valence-electron chi connectivity index (χ0n) is 17.8. The van der Waals surface area contributed by atoms with Gasteiger partial charge in [0, 0.05) is 29.1 Å². The predicted molar refractivity (Wildman–Crippen MR) is 131 cm³/mol. The maximum Gasteiger partial charge on any atom is 0.308 e. The average molecular weight is 510 g/mol. The highest BCUT2D eigenvalue weighted by atomic mass is 35.5. The molecule has 6 rings (SSSR count). The zero-order chi connectivity index (χ0) is 22.0. The molecule has 1 aromatic carbocycles. The van der Waals surface area contributed by atoms with Crippen LogP contribution < -0.4 is 4.87 Å². The number of aromatic nitrogens is 1. The van der Waals surface area contributed by atoms with Crippen molar-refractivity contribution in [3.8, 4) is 0 Å². The van der Waals surface area contributed by atoms with Gasteiger partial charge in [0.05, 0.1) is 15.1 Å². The van der Waals surface area contributed by atoms with Crippen LogP contribution in [-0.4, -0.2) is 33.7 Å². The number of piperidine rings is 1. The van der Waals surface area contributed by atoms with E-state index in [9.17, 15) is 9.59 Å². The maximum atomic E-state index is 13.2. The van der Waals surface area contributed by atoms with Crippen molar-refractivity contribution >= 4 is 52.2 Å². The minimum Gasteiger partial charge on any atom is -0.341 e. The van der Waals surface area contributed by atoms with Crippen LogP contribution in [0.1, 0.15) is 54.9 Å². The third-order valence-electron chi connectivity index (χ3n) is 8.01. The Hall–Kier alpha value is -0.950. The van der Waals surface area contributed by atoms with Crippen molar-refractivity contribution in [1.29, 1.82) is 0 Å². The first kappa shape index (κ1) is 21.6. The smallest absolute Gasteiger partial charge is 0.308 e. The molecule has 2 aliphatic carbocycles. The normalized spacial score (nSPS) is 30.9. The lowest BCUT2D eigenvalue weighted by Crippen LogP contribution is -2.39. The molecular weight excluding hydrogens is 483 g/mol. The van der Waals surface area contributed by atoms with Gasteiger partial charge < -0.3 is 4.90 Å². The van der Waals surface area contributed by atoms with Gasteiger partial charge in [-0.2, -0.15) is 0 Å². The number of thiazole rings is 1. The summed E-state index contributed by atoms with van der Waals surface area (Å²) in [7, 11) is 0. The molecule has 1 amide bonds. The SMILES string of the molecule is O=C(Cn1c2c(sc1=O)[C@@H](c1cccc(Cl)c1Cl)C1C3CCC(C3)C1S2)N1CCCCC1. The largest absolute Gasteiger partial charge is 0.341 e. The fourth-order valence-corrected chi connectivity index (χ4v) is 10.1. The Bertz CT molecular complexity index is 1120. The van der Waals surface area contributed by atoms with E-state index in [0.717, 1.165) is 41.4 Å². The van der Waals surface area contributed by atoms with Crippen molar-refractivity contribution in [2.24, 2.45) is 17.8 Å². The number of rotatable bonds is 3. The highest BCUT2D eigenvalue weighted by Gasteiger charge is 2.55. The van der Waals surface area contributed by atoms with E-state index < -0.39 is 0 Å². The molecule has 3 fully saturated rings. The summed E-state index contributed by atoms with van der Waals surface area (Å²) < 4.78 is 1.76. The second-order valence-electron chi connectivity index (χ2n) is 9.68. The van der Waals surface area contributed by atoms with E-state index in [-0.39, 0.29) is 23.2 Å². The Morgan fingerprint density at radius 2 is 1.88 bits per heavy atom. The average Bonchev–Trinajstić information content (AvgIpc) is 3.49. The van der Waals surface area contributed by atoms with Crippen LogP contribution in [0.2, 0.25) is 10.0 Å². The first-order valence-corrected chi connectivity index (χ1v) is 14.1. The topological polar surface area (TPSA) is 42.3 Å². The highest BCUT2D eigenvalue weighted by molar-refractivity contribution is 8.00. The molecule has 170 valence electrons. The summed E-state index contributed by atoms with van der Waals surface area (Å²) in [6, 6.07) is 5.87. The number of hydrogen-bond acceptors (Lipinski definition) is 4. The van der Waals surface area contributed by atoms with Gasteiger partial charge in [-0.05, 0) is 67.9 Å². The van der Waals surface area contributed by atoms with E-state index in [2.05, 4.69) is 6.07 Å². The van der Waals surface area contributed by atoms with Gasteiger partial charge in [-0.1, -0.05) is 46.7 Å². The number of carbonyl (C=O) groups excluding carboxylic acids is 1. The molecule has 1 aromatic heterocycles. The molecule has 2 aromatic rings. The summed E-state index contributed by atoms with van der Waals surface area (Å²) >= 11 is 16.3. The molecule has 2 saturated carbocycles. The molecule has 0 spiro atoms. The summed E-state index contributed by atoms with van der Waals surface area (Å²) in [6.45, 7) is 1.77. The number of nitrogens with zero attached hydrogens (tertiary/aromatic N) is 2. The fourth-order valence-electron chi connectivity index (χ4n) is 6.57. The molecule has 4 aliphatic rings. The maximum absolute atomic E-state index is 13.2. The first-order chi connectivity index (χ1) is 15.5. The van der Waals surface area contributed by atoms with E-state index in [0.29, 0.717) is 33.0 Å². The molecule has 0 radical (unpaired) electrons. The number of amides is 1. The number of hydrogen-bond donors (Lipinski definition) is 0. The summed E-state index contributed by atoms with van der Waals surface area (Å²) in [5.41, 5.74) is 1.04. The predicted octanol–water partition coefficient (Wildman–Crippen LogP) is 5.88. The van der Waals surface area contributed by atoms with E-state index in [1.165, 1.54) is 37.0 Å². The summed E-state index contributed by atoms with van der Waals surface area (Å²) in [5, 5.41) is 2.65. The lowest BCUT2D eigenvalue weighted by atomic mass is 9.75. The van der Waals surface area contributed by atoms with Crippen LogP contribution >= 0.6 is 46.3 Å². The summed E-state index contributed by atoms with van der Waals surface area (Å²) in [6.07, 6.45) is 7.09. The van der Waals surface area contributed by atoms with Crippen LogP contribution in [0, 0.1) is 17.8 Å². The molecule has 5 atom stereocenters. The van der Waals surface area contributed by atoms with Gasteiger partial charge in [-0.15, -0.1) is 11.8 Å². The number of fused-ring (bicyclic) bond motifs is 6. The Morgan fingerprint density at radius 1 is 1.09 bits per heavy atom. The Kier molecular flexibility index (Phi) is 5.64. The lowest BCUT2D eigenvalue weighted by Gasteiger charge is -2.41. The minimum absolute atomic E-state index is 0.0247. The number of benzene rings is 1. The molecule has 2 aliphatic heterocycles. The van der Waals surface area contributed by atoms with Gasteiger partial charge in [-0.3, -0.25) is 14.2 Å². The van der Waals surface area contributed by atoms with Gasteiger partial charge in [0.1, 0.15) is 6.54 Å². The zero-order valence-corrected chi connectivity index (χ0v) is 20.9. The number of carbonyl (C=O) groups is 1. The van der Waals surface area contributed by atoms with Crippen LogP contribution in [0.4, 0.5) is 0 Å². The second-order valence-corrected chi connectivity index (χ2v) is 12.6. The van der Waals surface area contributed by atoms with E-state index >= 15 is 0 Å². The van der Waals surface area contributed by atoms with Crippen molar-refractivity contribution in [3.05, 3.63) is 48.4 Å². The van der Waals surface area contributed by atoms with Crippen LogP contribution in [0.15, 0.2) is 28.0 Å². The van der Waals surface area contributed by atoms with E-state index in [1.54, 1.807) is 4.57 Å². The summed E-state index contributed by atoms with van der Waals surface area (Å²) in [5.74, 6) is 1.99. The van der Waals surface area contributed by atoms with Crippen LogP contribution in [0.5, 0.6) is 0 Å². The van der Waals surface area contributed by atoms with Crippen LogP contribution in [0.25, 0.3) is 0 Å². The summed E-state index contributed by atoms with van der Waals surface area (Å²) in [4.78, 5) is 29.2. The molecule has 32 heavy (non-hydrogen) atoms. The van der Waals surface area contributed by atoms with Crippen LogP contribution in [0.3, 0.4) is 0 Å². The molecule has 2 bridgehead atoms. The van der Waals surface area contributed by atoms with Gasteiger partial charge in [0.25, 0.3) is 0 Å². The molecule has 3 heterocycles. The minimum atomic E-state index is -0.0247. The molecule has 0 N–H and O–H groups in total. The van der Waals surface area contributed by atoms with Gasteiger partial charge in [0.2, 0.25) is 5.91 Å². The fraction of sp³-hybridized carbons (Fsp3) is 0.583. The number of likely N-dealkylation sites (tertiary alicyclic amines) is 1. The lowest BCUT2D eigenvalue weighted by molar-refractivity contribution is -0.132. The molecule has 8 heteroatoms. The van der Waals surface area contributed by atoms with E-state index in [4.69, 9.17) is 23.2 Å². The van der Waals surface area contributed by atoms with Gasteiger partial charge >= 0.3 is 4.87 Å². The van der Waals surface area contributed by atoms with E-state index in [1.807, 2.05) is 28.8 Å². The van der Waals surface area contributed by atoms with Gasteiger partial charge in [-0.25, -0.2) is 0 Å². The highest BCUT2D eigenvalue weighted by Crippen LogP contribution is 2.64. The number of halogens is 2. The van der Waals surface area contributed by atoms with Crippen molar-refractivity contribution < 1.29 is 4.79 Å². The third kappa shape index (κ3) is 3.40. The van der Waals surface area contributed by atoms with Gasteiger partial charge in [0.15, 0.2) is 0 Å². The Morgan fingerprint density at radius 3 is 2.69 bits per heavy atom. The molecular formula is C24H26Cl2N2O2S2. The van der Waals surface area contributed by atoms with Crippen molar-refractivity contribution in [3.63, 3.8) is 0 Å². The first-order valence-electron chi connectivity index (χ1n) is 11.6. The molecule has 4 unspecified atom stereocenters. The third-order valence-corrected chi connectivity index (χ3v) is 11.7. The van der Waals surface area contributed by atoms with Crippen molar-refractivity contribution in [2.45, 2.75) is 61.3 Å². The monoisotopic (exact) mass is 508 g/mol. The quantitative estimate of drug-likeness (QED) is 0.519.